The van der Waals surface area contributed by atoms with Crippen LogP contribution in [0.1, 0.15) is 22.8 Å². The van der Waals surface area contributed by atoms with Crippen molar-refractivity contribution < 1.29 is 27.5 Å². The maximum absolute atomic E-state index is 12.3. The summed E-state index contributed by atoms with van der Waals surface area (Å²) in [5.74, 6) is -0.431. The largest absolute Gasteiger partial charge is 0.497 e. The number of carbonyl (C=O) groups excluding carboxylic acids is 2. The minimum absolute atomic E-state index is 0.0710. The standard InChI is InChI=1S/C19H18N2O6S/c1-12(18(23)13-7-9-14(26-2)10-8-13)27-17(22)11-20-19-15-5-3-4-6-16(15)28(24,25)21-19/h3-10,12H,11H2,1-2H3,(H,20,21)/t12-/m0/s1. The molecule has 1 heterocycles. The summed E-state index contributed by atoms with van der Waals surface area (Å²) in [6.07, 6.45) is -1.01. The maximum atomic E-state index is 12.3. The molecule has 1 N–H and O–H groups in total. The molecular weight excluding hydrogens is 384 g/mol. The lowest BCUT2D eigenvalue weighted by Gasteiger charge is -2.12. The van der Waals surface area contributed by atoms with Gasteiger partial charge in [0.1, 0.15) is 18.1 Å². The number of esters is 1. The number of ether oxygens (including phenoxy) is 2. The molecule has 3 rings (SSSR count). The van der Waals surface area contributed by atoms with Crippen molar-refractivity contribution in [3.63, 3.8) is 0 Å². The molecule has 1 aliphatic heterocycles. The van der Waals surface area contributed by atoms with E-state index >= 15 is 0 Å². The quantitative estimate of drug-likeness (QED) is 0.580. The number of sulfonamides is 1. The maximum Gasteiger partial charge on any atom is 0.328 e. The van der Waals surface area contributed by atoms with Crippen molar-refractivity contribution in [1.82, 2.24) is 4.72 Å². The first-order chi connectivity index (χ1) is 13.3. The van der Waals surface area contributed by atoms with Crippen LogP contribution in [0, 0.1) is 0 Å². The SMILES string of the molecule is COc1ccc(C(=O)[C@H](C)OC(=O)CN=C2NS(=O)(=O)c3ccccc32)cc1. The van der Waals surface area contributed by atoms with Gasteiger partial charge in [-0.3, -0.25) is 19.3 Å². The van der Waals surface area contributed by atoms with E-state index in [1.54, 1.807) is 42.5 Å². The van der Waals surface area contributed by atoms with E-state index in [9.17, 15) is 18.0 Å². The fourth-order valence-electron chi connectivity index (χ4n) is 2.67. The highest BCUT2D eigenvalue weighted by atomic mass is 32.2. The van der Waals surface area contributed by atoms with Crippen molar-refractivity contribution in [3.8, 4) is 5.75 Å². The summed E-state index contributed by atoms with van der Waals surface area (Å²) in [5, 5.41) is 0. The minimum Gasteiger partial charge on any atom is -0.497 e. The zero-order valence-corrected chi connectivity index (χ0v) is 16.0. The molecule has 2 aromatic rings. The van der Waals surface area contributed by atoms with Gasteiger partial charge in [-0.05, 0) is 43.3 Å². The fraction of sp³-hybridized carbons (Fsp3) is 0.211. The lowest BCUT2D eigenvalue weighted by Crippen LogP contribution is -2.27. The van der Waals surface area contributed by atoms with Crippen molar-refractivity contribution in [2.24, 2.45) is 4.99 Å². The van der Waals surface area contributed by atoms with Gasteiger partial charge < -0.3 is 9.47 Å². The third kappa shape index (κ3) is 4.04. The Hall–Kier alpha value is -3.20. The number of fused-ring (bicyclic) bond motifs is 1. The van der Waals surface area contributed by atoms with Gasteiger partial charge in [-0.2, -0.15) is 0 Å². The van der Waals surface area contributed by atoms with Crippen molar-refractivity contribution in [3.05, 3.63) is 59.7 Å². The fourth-order valence-corrected chi connectivity index (χ4v) is 3.92. The summed E-state index contributed by atoms with van der Waals surface area (Å²) in [4.78, 5) is 28.5. The Morgan fingerprint density at radius 1 is 1.11 bits per heavy atom. The summed E-state index contributed by atoms with van der Waals surface area (Å²) < 4.78 is 36.5. The molecule has 28 heavy (non-hydrogen) atoms. The van der Waals surface area contributed by atoms with Crippen LogP contribution in [-0.2, 0) is 19.6 Å². The topological polar surface area (TPSA) is 111 Å². The van der Waals surface area contributed by atoms with Gasteiger partial charge >= 0.3 is 5.97 Å². The second kappa shape index (κ2) is 7.81. The van der Waals surface area contributed by atoms with Gasteiger partial charge in [0, 0.05) is 11.1 Å². The molecule has 0 saturated heterocycles. The first kappa shape index (κ1) is 19.6. The lowest BCUT2D eigenvalue weighted by molar-refractivity contribution is -0.144. The normalized spacial score (nSPS) is 16.7. The smallest absolute Gasteiger partial charge is 0.328 e. The van der Waals surface area contributed by atoms with Crippen LogP contribution in [0.25, 0.3) is 0 Å². The minimum atomic E-state index is -3.68. The van der Waals surface area contributed by atoms with E-state index in [4.69, 9.17) is 9.47 Å². The molecule has 0 radical (unpaired) electrons. The molecule has 0 aliphatic carbocycles. The Morgan fingerprint density at radius 3 is 2.46 bits per heavy atom. The Morgan fingerprint density at radius 2 is 1.79 bits per heavy atom. The van der Waals surface area contributed by atoms with Gasteiger partial charge in [0.15, 0.2) is 6.10 Å². The number of nitrogens with zero attached hydrogens (tertiary/aromatic N) is 1. The second-order valence-corrected chi connectivity index (χ2v) is 7.64. The molecule has 0 aromatic heterocycles. The number of hydrogen-bond acceptors (Lipinski definition) is 7. The monoisotopic (exact) mass is 402 g/mol. The third-order valence-corrected chi connectivity index (χ3v) is 5.48. The Balaban J connectivity index is 1.64. The van der Waals surface area contributed by atoms with Crippen molar-refractivity contribution >= 4 is 27.6 Å². The highest BCUT2D eigenvalue weighted by Gasteiger charge is 2.30. The van der Waals surface area contributed by atoms with Crippen LogP contribution in [0.2, 0.25) is 0 Å². The summed E-state index contributed by atoms with van der Waals surface area (Å²) in [6, 6.07) is 12.7. The Kier molecular flexibility index (Phi) is 5.46. The molecule has 0 fully saturated rings. The van der Waals surface area contributed by atoms with E-state index in [-0.39, 0.29) is 16.5 Å². The number of benzene rings is 2. The van der Waals surface area contributed by atoms with Crippen molar-refractivity contribution in [2.45, 2.75) is 17.9 Å². The average molecular weight is 402 g/mol. The molecular formula is C19H18N2O6S. The highest BCUT2D eigenvalue weighted by Crippen LogP contribution is 2.22. The summed E-state index contributed by atoms with van der Waals surface area (Å²) in [5.41, 5.74) is 0.766. The van der Waals surface area contributed by atoms with Gasteiger partial charge in [-0.15, -0.1) is 0 Å². The van der Waals surface area contributed by atoms with Gasteiger partial charge in [0.2, 0.25) is 5.78 Å². The van der Waals surface area contributed by atoms with Crippen molar-refractivity contribution in [2.75, 3.05) is 13.7 Å². The number of Topliss-reactive ketones (excluding diaryl/α,β-unsaturated/α-hetero) is 1. The third-order valence-electron chi connectivity index (χ3n) is 4.08. The molecule has 146 valence electrons. The molecule has 0 amide bonds. The predicted octanol–water partition coefficient (Wildman–Crippen LogP) is 1.55. The molecule has 1 atom stereocenters. The molecule has 0 saturated carbocycles. The summed E-state index contributed by atoms with van der Waals surface area (Å²) in [7, 11) is -2.16. The second-order valence-electron chi connectivity index (χ2n) is 5.99. The van der Waals surface area contributed by atoms with Crippen LogP contribution >= 0.6 is 0 Å². The van der Waals surface area contributed by atoms with Crippen LogP contribution in [-0.4, -0.2) is 45.8 Å². The molecule has 9 heteroatoms. The molecule has 2 aromatic carbocycles. The lowest BCUT2D eigenvalue weighted by atomic mass is 10.1. The first-order valence-electron chi connectivity index (χ1n) is 8.36. The summed E-state index contributed by atoms with van der Waals surface area (Å²) >= 11 is 0. The van der Waals surface area contributed by atoms with E-state index in [1.165, 1.54) is 20.1 Å². The first-order valence-corrected chi connectivity index (χ1v) is 9.84. The molecule has 0 bridgehead atoms. The van der Waals surface area contributed by atoms with Crippen LogP contribution in [0.3, 0.4) is 0 Å². The van der Waals surface area contributed by atoms with E-state index < -0.39 is 28.6 Å². The number of aliphatic imine (C=N–C) groups is 1. The number of hydrogen-bond donors (Lipinski definition) is 1. The number of methoxy groups -OCH3 is 1. The van der Waals surface area contributed by atoms with E-state index in [2.05, 4.69) is 9.71 Å². The van der Waals surface area contributed by atoms with Crippen LogP contribution in [0.4, 0.5) is 0 Å². The number of amidine groups is 1. The van der Waals surface area contributed by atoms with Crippen LogP contribution < -0.4 is 9.46 Å². The van der Waals surface area contributed by atoms with Gasteiger partial charge in [-0.1, -0.05) is 12.1 Å². The van der Waals surface area contributed by atoms with Gasteiger partial charge in [-0.25, -0.2) is 8.42 Å². The van der Waals surface area contributed by atoms with Crippen LogP contribution in [0.15, 0.2) is 58.4 Å². The zero-order chi connectivity index (χ0) is 20.3. The molecule has 1 aliphatic rings. The predicted molar refractivity (Wildman–Crippen MR) is 101 cm³/mol. The summed E-state index contributed by atoms with van der Waals surface area (Å²) in [6.45, 7) is 1.04. The molecule has 8 nitrogen and oxygen atoms in total. The van der Waals surface area contributed by atoms with E-state index in [1.807, 2.05) is 0 Å². The van der Waals surface area contributed by atoms with Crippen molar-refractivity contribution in [1.29, 1.82) is 0 Å². The van der Waals surface area contributed by atoms with E-state index in [0.717, 1.165) is 0 Å². The number of carbonyl (C=O) groups is 2. The Bertz CT molecular complexity index is 1040. The number of rotatable bonds is 6. The zero-order valence-electron chi connectivity index (χ0n) is 15.2. The molecule has 0 spiro atoms. The highest BCUT2D eigenvalue weighted by molar-refractivity contribution is 7.90. The molecule has 0 unspecified atom stereocenters. The van der Waals surface area contributed by atoms with Gasteiger partial charge in [0.25, 0.3) is 10.0 Å². The van der Waals surface area contributed by atoms with E-state index in [0.29, 0.717) is 16.9 Å². The number of ketones is 1. The van der Waals surface area contributed by atoms with Crippen LogP contribution in [0.5, 0.6) is 5.75 Å². The van der Waals surface area contributed by atoms with Gasteiger partial charge in [0.05, 0.1) is 12.0 Å². The average Bonchev–Trinajstić information content (AvgIpc) is 2.96. The number of nitrogens with one attached hydrogen (secondary N) is 1. The Labute approximate surface area is 162 Å².